The number of aromatic amines is 2. The van der Waals surface area contributed by atoms with Gasteiger partial charge in [0.05, 0.1) is 0 Å². The fourth-order valence-electron chi connectivity index (χ4n) is 1.50. The molecule has 2 saturated heterocycles. The van der Waals surface area contributed by atoms with Crippen molar-refractivity contribution in [3.8, 4) is 0 Å². The summed E-state index contributed by atoms with van der Waals surface area (Å²) in [6.07, 6.45) is 6.49. The van der Waals surface area contributed by atoms with Crippen LogP contribution in [-0.4, -0.2) is 36.4 Å². The Morgan fingerprint density at radius 3 is 1.68 bits per heavy atom. The summed E-state index contributed by atoms with van der Waals surface area (Å²) in [4.78, 5) is 25.3. The molecular weight excluding hydrogens is 248 g/mol. The van der Waals surface area contributed by atoms with E-state index >= 15 is 0 Å². The highest BCUT2D eigenvalue weighted by molar-refractivity contribution is 4.98. The average molecular weight is 270 g/mol. The Kier molecular flexibility index (Phi) is 7.84. The lowest BCUT2D eigenvalue weighted by atomic mass is 10.4. The predicted octanol–water partition coefficient (Wildman–Crippen LogP) is 0.965. The molecule has 0 bridgehead atoms. The molecule has 1 aromatic rings. The quantitative estimate of drug-likeness (QED) is 0.735. The minimum Gasteiger partial charge on any atom is -0.381 e. The summed E-state index contributed by atoms with van der Waals surface area (Å²) < 4.78 is 9.89. The lowest BCUT2D eigenvalue weighted by molar-refractivity contribution is 0.198. The summed E-state index contributed by atoms with van der Waals surface area (Å²) in [5, 5.41) is 0. The van der Waals surface area contributed by atoms with Gasteiger partial charge in [-0.05, 0) is 32.6 Å². The third kappa shape index (κ3) is 7.58. The van der Waals surface area contributed by atoms with E-state index in [2.05, 4.69) is 9.97 Å². The van der Waals surface area contributed by atoms with Gasteiger partial charge in [0.1, 0.15) is 0 Å². The molecule has 108 valence electrons. The third-order valence-corrected chi connectivity index (χ3v) is 2.66. The molecule has 6 heteroatoms. The number of H-pyrrole nitrogens is 2. The molecule has 3 heterocycles. The minimum absolute atomic E-state index is 0.334. The van der Waals surface area contributed by atoms with Crippen LogP contribution in [0.15, 0.2) is 15.8 Å². The lowest BCUT2D eigenvalue weighted by Crippen LogP contribution is -2.22. The van der Waals surface area contributed by atoms with Crippen molar-refractivity contribution >= 4 is 0 Å². The van der Waals surface area contributed by atoms with Crippen molar-refractivity contribution in [1.29, 1.82) is 0 Å². The van der Waals surface area contributed by atoms with Crippen LogP contribution in [0.3, 0.4) is 0 Å². The zero-order valence-corrected chi connectivity index (χ0v) is 11.4. The summed E-state index contributed by atoms with van der Waals surface area (Å²) in [6, 6.07) is 0. The maximum absolute atomic E-state index is 10.6. The predicted molar refractivity (Wildman–Crippen MR) is 72.5 cm³/mol. The van der Waals surface area contributed by atoms with E-state index in [1.807, 2.05) is 0 Å². The molecule has 0 amide bonds. The molecule has 3 rings (SSSR count). The van der Waals surface area contributed by atoms with Gasteiger partial charge in [-0.3, -0.25) is 9.78 Å². The number of nitrogens with one attached hydrogen (secondary N) is 2. The van der Waals surface area contributed by atoms with Gasteiger partial charge in [-0.1, -0.05) is 0 Å². The number of hydrogen-bond donors (Lipinski definition) is 2. The maximum atomic E-state index is 10.6. The molecule has 0 unspecified atom stereocenters. The normalized spacial score (nSPS) is 17.1. The fraction of sp³-hybridized carbons (Fsp3) is 0.692. The second-order valence-corrected chi connectivity index (χ2v) is 4.39. The number of aromatic nitrogens is 2. The summed E-state index contributed by atoms with van der Waals surface area (Å²) in [6.45, 7) is 5.62. The molecule has 0 radical (unpaired) electrons. The Bertz CT molecular complexity index is 419. The van der Waals surface area contributed by atoms with E-state index in [1.54, 1.807) is 6.92 Å². The zero-order valence-electron chi connectivity index (χ0n) is 11.4. The van der Waals surface area contributed by atoms with Crippen LogP contribution in [-0.2, 0) is 9.47 Å². The molecule has 2 fully saturated rings. The first-order valence-electron chi connectivity index (χ1n) is 6.64. The highest BCUT2D eigenvalue weighted by Gasteiger charge is 1.95. The van der Waals surface area contributed by atoms with Gasteiger partial charge in [-0.25, -0.2) is 4.79 Å². The molecule has 6 nitrogen and oxygen atoms in total. The first-order valence-corrected chi connectivity index (χ1v) is 6.64. The van der Waals surface area contributed by atoms with Gasteiger partial charge in [-0.15, -0.1) is 0 Å². The van der Waals surface area contributed by atoms with E-state index in [4.69, 9.17) is 9.47 Å². The second kappa shape index (κ2) is 9.52. The SMILES string of the molecule is C1CCOC1.C1CCOC1.Cc1c[nH]c(=O)[nH]c1=O. The maximum Gasteiger partial charge on any atom is 0.325 e. The molecule has 1 aromatic heterocycles. The van der Waals surface area contributed by atoms with Crippen LogP contribution in [0.2, 0.25) is 0 Å². The van der Waals surface area contributed by atoms with Crippen molar-refractivity contribution in [2.75, 3.05) is 26.4 Å². The molecule has 0 atom stereocenters. The average Bonchev–Trinajstić information content (AvgIpc) is 3.10. The summed E-state index contributed by atoms with van der Waals surface area (Å²) >= 11 is 0. The summed E-state index contributed by atoms with van der Waals surface area (Å²) in [5.74, 6) is 0. The van der Waals surface area contributed by atoms with Crippen molar-refractivity contribution in [1.82, 2.24) is 9.97 Å². The van der Waals surface area contributed by atoms with E-state index in [0.29, 0.717) is 5.56 Å². The van der Waals surface area contributed by atoms with Crippen LogP contribution in [0.4, 0.5) is 0 Å². The van der Waals surface area contributed by atoms with Gasteiger partial charge in [0, 0.05) is 38.2 Å². The topological polar surface area (TPSA) is 84.2 Å². The first kappa shape index (κ1) is 15.7. The van der Waals surface area contributed by atoms with Crippen molar-refractivity contribution < 1.29 is 9.47 Å². The second-order valence-electron chi connectivity index (χ2n) is 4.39. The van der Waals surface area contributed by atoms with E-state index in [9.17, 15) is 9.59 Å². The Morgan fingerprint density at radius 1 is 0.947 bits per heavy atom. The van der Waals surface area contributed by atoms with Gasteiger partial charge in [0.2, 0.25) is 0 Å². The molecule has 2 aliphatic rings. The molecule has 19 heavy (non-hydrogen) atoms. The Hall–Kier alpha value is -1.40. The highest BCUT2D eigenvalue weighted by atomic mass is 16.5. The molecule has 0 aromatic carbocycles. The van der Waals surface area contributed by atoms with Crippen LogP contribution < -0.4 is 11.2 Å². The Morgan fingerprint density at radius 2 is 1.42 bits per heavy atom. The number of aryl methyl sites for hydroxylation is 1. The number of rotatable bonds is 0. The zero-order chi connectivity index (χ0) is 13.9. The molecular formula is C13H22N2O4. The third-order valence-electron chi connectivity index (χ3n) is 2.66. The van der Waals surface area contributed by atoms with Crippen molar-refractivity contribution in [2.24, 2.45) is 0 Å². The lowest BCUT2D eigenvalue weighted by Gasteiger charge is -1.84. The monoisotopic (exact) mass is 270 g/mol. The molecule has 0 spiro atoms. The first-order chi connectivity index (χ1) is 9.20. The van der Waals surface area contributed by atoms with Crippen LogP contribution in [0.1, 0.15) is 31.2 Å². The van der Waals surface area contributed by atoms with Gasteiger partial charge in [-0.2, -0.15) is 0 Å². The molecule has 2 aliphatic heterocycles. The summed E-state index contributed by atoms with van der Waals surface area (Å²) in [5.41, 5.74) is -0.293. The van der Waals surface area contributed by atoms with Gasteiger partial charge in [0.25, 0.3) is 5.56 Å². The Labute approximate surface area is 112 Å². The van der Waals surface area contributed by atoms with Crippen molar-refractivity contribution in [3.05, 3.63) is 32.6 Å². The van der Waals surface area contributed by atoms with Crippen LogP contribution in [0.5, 0.6) is 0 Å². The van der Waals surface area contributed by atoms with Crippen LogP contribution >= 0.6 is 0 Å². The van der Waals surface area contributed by atoms with Crippen molar-refractivity contribution in [3.63, 3.8) is 0 Å². The van der Waals surface area contributed by atoms with E-state index in [0.717, 1.165) is 26.4 Å². The molecule has 0 saturated carbocycles. The molecule has 0 aliphatic carbocycles. The fourth-order valence-corrected chi connectivity index (χ4v) is 1.50. The van der Waals surface area contributed by atoms with Crippen molar-refractivity contribution in [2.45, 2.75) is 32.6 Å². The smallest absolute Gasteiger partial charge is 0.325 e. The van der Waals surface area contributed by atoms with Gasteiger partial charge < -0.3 is 14.5 Å². The van der Waals surface area contributed by atoms with Crippen LogP contribution in [0.25, 0.3) is 0 Å². The van der Waals surface area contributed by atoms with Crippen LogP contribution in [0, 0.1) is 6.92 Å². The number of ether oxygens (including phenoxy) is 2. The molecule has 2 N–H and O–H groups in total. The standard InChI is InChI=1S/C5H6N2O2.2C4H8O/c1-3-2-6-5(9)7-4(3)8;2*1-2-4-5-3-1/h2H,1H3,(H2,6,7,8,9);2*1-4H2. The number of hydrogen-bond acceptors (Lipinski definition) is 4. The highest BCUT2D eigenvalue weighted by Crippen LogP contribution is 1.98. The van der Waals surface area contributed by atoms with E-state index in [-0.39, 0.29) is 5.56 Å². The van der Waals surface area contributed by atoms with E-state index < -0.39 is 5.69 Å². The van der Waals surface area contributed by atoms with Gasteiger partial charge in [0.15, 0.2) is 0 Å². The minimum atomic E-state index is -0.467. The Balaban J connectivity index is 0.000000153. The largest absolute Gasteiger partial charge is 0.381 e. The van der Waals surface area contributed by atoms with Gasteiger partial charge >= 0.3 is 5.69 Å². The van der Waals surface area contributed by atoms with E-state index in [1.165, 1.54) is 31.9 Å². The summed E-state index contributed by atoms with van der Waals surface area (Å²) in [7, 11) is 0.